The summed E-state index contributed by atoms with van der Waals surface area (Å²) in [6.45, 7) is 2.98. The number of nitrogens with one attached hydrogen (secondary N) is 1. The fraction of sp³-hybridized carbons (Fsp3) is 0.650. The minimum absolute atomic E-state index is 0.248. The predicted molar refractivity (Wildman–Crippen MR) is 113 cm³/mol. The van der Waals surface area contributed by atoms with Crippen molar-refractivity contribution in [2.24, 2.45) is 11.8 Å². The zero-order valence-corrected chi connectivity index (χ0v) is 18.0. The number of hydrogen-bond acceptors (Lipinski definition) is 5. The second-order valence-electron chi connectivity index (χ2n) is 8.43. The quantitative estimate of drug-likeness (QED) is 0.724. The van der Waals surface area contributed by atoms with E-state index in [0.717, 1.165) is 16.9 Å². The van der Waals surface area contributed by atoms with Gasteiger partial charge in [0.05, 0.1) is 4.90 Å². The lowest BCUT2D eigenvalue weighted by atomic mass is 9.95. The first-order valence-corrected chi connectivity index (χ1v) is 12.3. The minimum Gasteiger partial charge on any atom is -0.486 e. The molecule has 158 valence electrons. The van der Waals surface area contributed by atoms with Gasteiger partial charge < -0.3 is 19.7 Å². The molecule has 2 bridgehead atoms. The number of piperazine rings is 1. The zero-order valence-electron chi connectivity index (χ0n) is 16.4. The standard InChI is InChI=1S/C20H27N3O4S2/c24-29(25,16-3-4-18-19(13-16)27-10-9-26-18)23-7-5-22(6-8-23)20(28)21-17-12-14-1-2-15(17)11-14/h3-4,13-15,17H,1-2,5-12H2,(H,21,28). The molecule has 0 aromatic heterocycles. The molecule has 1 aromatic carbocycles. The summed E-state index contributed by atoms with van der Waals surface area (Å²) >= 11 is 5.64. The van der Waals surface area contributed by atoms with Crippen molar-refractivity contribution in [1.82, 2.24) is 14.5 Å². The first-order valence-electron chi connectivity index (χ1n) is 10.5. The molecular formula is C20H27N3O4S2. The number of benzene rings is 1. The predicted octanol–water partition coefficient (Wildman–Crippen LogP) is 1.83. The summed E-state index contributed by atoms with van der Waals surface area (Å²) in [7, 11) is -3.57. The SMILES string of the molecule is O=S(=O)(c1ccc2c(c1)OCCO2)N1CCN(C(=S)NC2CC3CCC2C3)CC1. The Hall–Kier alpha value is -1.58. The van der Waals surface area contributed by atoms with Gasteiger partial charge in [-0.2, -0.15) is 4.31 Å². The van der Waals surface area contributed by atoms with Crippen LogP contribution in [-0.2, 0) is 10.0 Å². The van der Waals surface area contributed by atoms with Crippen molar-refractivity contribution in [2.75, 3.05) is 39.4 Å². The van der Waals surface area contributed by atoms with Gasteiger partial charge >= 0.3 is 0 Å². The highest BCUT2D eigenvalue weighted by Crippen LogP contribution is 2.44. The number of thiocarbonyl (C=S) groups is 1. The monoisotopic (exact) mass is 437 g/mol. The molecule has 2 heterocycles. The fourth-order valence-electron chi connectivity index (χ4n) is 5.14. The molecule has 3 atom stereocenters. The molecule has 5 rings (SSSR count). The lowest BCUT2D eigenvalue weighted by Crippen LogP contribution is -2.54. The van der Waals surface area contributed by atoms with Gasteiger partial charge in [-0.3, -0.25) is 0 Å². The van der Waals surface area contributed by atoms with Crippen LogP contribution >= 0.6 is 12.2 Å². The van der Waals surface area contributed by atoms with Crippen LogP contribution in [0.1, 0.15) is 25.7 Å². The van der Waals surface area contributed by atoms with Crippen LogP contribution in [0.25, 0.3) is 0 Å². The van der Waals surface area contributed by atoms with Crippen molar-refractivity contribution in [3.8, 4) is 11.5 Å². The van der Waals surface area contributed by atoms with E-state index < -0.39 is 10.0 Å². The number of rotatable bonds is 3. The van der Waals surface area contributed by atoms with Crippen molar-refractivity contribution < 1.29 is 17.9 Å². The van der Waals surface area contributed by atoms with Crippen molar-refractivity contribution >= 4 is 27.4 Å². The largest absolute Gasteiger partial charge is 0.486 e. The molecule has 1 saturated heterocycles. The number of sulfonamides is 1. The Balaban J connectivity index is 1.20. The molecule has 7 nitrogen and oxygen atoms in total. The Kier molecular flexibility index (Phi) is 5.08. The van der Waals surface area contributed by atoms with Crippen molar-refractivity contribution in [3.63, 3.8) is 0 Å². The molecule has 4 aliphatic rings. The Morgan fingerprint density at radius 2 is 1.79 bits per heavy atom. The highest BCUT2D eigenvalue weighted by Gasteiger charge is 2.40. The van der Waals surface area contributed by atoms with Crippen LogP contribution in [0, 0.1) is 11.8 Å². The molecular weight excluding hydrogens is 410 g/mol. The average molecular weight is 438 g/mol. The summed E-state index contributed by atoms with van der Waals surface area (Å²) in [5.41, 5.74) is 0. The third-order valence-electron chi connectivity index (χ3n) is 6.72. The van der Waals surface area contributed by atoms with Gasteiger partial charge in [-0.05, 0) is 55.4 Å². The molecule has 1 N–H and O–H groups in total. The van der Waals surface area contributed by atoms with Crippen LogP contribution in [0.4, 0.5) is 0 Å². The number of fused-ring (bicyclic) bond motifs is 3. The Morgan fingerprint density at radius 1 is 1.03 bits per heavy atom. The number of hydrogen-bond donors (Lipinski definition) is 1. The first-order chi connectivity index (χ1) is 14.0. The third kappa shape index (κ3) is 3.68. The molecule has 0 amide bonds. The first kappa shape index (κ1) is 19.4. The van der Waals surface area contributed by atoms with Gasteiger partial charge in [-0.15, -0.1) is 0 Å². The maximum Gasteiger partial charge on any atom is 0.243 e. The van der Waals surface area contributed by atoms with Gasteiger partial charge in [0.25, 0.3) is 0 Å². The second kappa shape index (κ2) is 7.59. The van der Waals surface area contributed by atoms with Gasteiger partial charge in [-0.25, -0.2) is 8.42 Å². The molecule has 9 heteroatoms. The molecule has 2 aliphatic carbocycles. The Labute approximate surface area is 177 Å². The summed E-state index contributed by atoms with van der Waals surface area (Å²) in [5, 5.41) is 4.34. The minimum atomic E-state index is -3.57. The van der Waals surface area contributed by atoms with Crippen molar-refractivity contribution in [1.29, 1.82) is 0 Å². The van der Waals surface area contributed by atoms with Crippen LogP contribution in [0.15, 0.2) is 23.1 Å². The summed E-state index contributed by atoms with van der Waals surface area (Å²) < 4.78 is 38.7. The molecule has 0 spiro atoms. The summed E-state index contributed by atoms with van der Waals surface area (Å²) in [6.07, 6.45) is 5.24. The summed E-state index contributed by atoms with van der Waals surface area (Å²) in [4.78, 5) is 2.36. The highest BCUT2D eigenvalue weighted by atomic mass is 32.2. The van der Waals surface area contributed by atoms with Crippen molar-refractivity contribution in [2.45, 2.75) is 36.6 Å². The molecule has 3 fully saturated rings. The molecule has 29 heavy (non-hydrogen) atoms. The smallest absolute Gasteiger partial charge is 0.243 e. The van der Waals surface area contributed by atoms with E-state index in [4.69, 9.17) is 21.7 Å². The number of nitrogens with zero attached hydrogens (tertiary/aromatic N) is 2. The van der Waals surface area contributed by atoms with Crippen LogP contribution in [0.3, 0.4) is 0 Å². The van der Waals surface area contributed by atoms with Crippen LogP contribution < -0.4 is 14.8 Å². The average Bonchev–Trinajstić information content (AvgIpc) is 3.36. The van der Waals surface area contributed by atoms with Crippen LogP contribution in [-0.4, -0.2) is 68.2 Å². The van der Waals surface area contributed by atoms with Crippen molar-refractivity contribution in [3.05, 3.63) is 18.2 Å². The number of ether oxygens (including phenoxy) is 2. The van der Waals surface area contributed by atoms with E-state index in [9.17, 15) is 8.42 Å². The van der Waals surface area contributed by atoms with Gasteiger partial charge in [-0.1, -0.05) is 6.42 Å². The van der Waals surface area contributed by atoms with Gasteiger partial charge in [0.1, 0.15) is 13.2 Å². The maximum atomic E-state index is 13.1. The van der Waals surface area contributed by atoms with Gasteiger partial charge in [0, 0.05) is 38.3 Å². The van der Waals surface area contributed by atoms with E-state index in [1.54, 1.807) is 18.2 Å². The Morgan fingerprint density at radius 3 is 2.48 bits per heavy atom. The van der Waals surface area contributed by atoms with E-state index >= 15 is 0 Å². The highest BCUT2D eigenvalue weighted by molar-refractivity contribution is 7.89. The molecule has 3 unspecified atom stereocenters. The second-order valence-corrected chi connectivity index (χ2v) is 10.8. The van der Waals surface area contributed by atoms with Crippen LogP contribution in [0.5, 0.6) is 11.5 Å². The van der Waals surface area contributed by atoms with E-state index in [0.29, 0.717) is 56.9 Å². The topological polar surface area (TPSA) is 71.1 Å². The summed E-state index contributed by atoms with van der Waals surface area (Å²) in [5.74, 6) is 2.72. The van der Waals surface area contributed by atoms with Crippen LogP contribution in [0.2, 0.25) is 0 Å². The maximum absolute atomic E-state index is 13.1. The van der Waals surface area contributed by atoms with E-state index in [1.807, 2.05) is 0 Å². The molecule has 2 saturated carbocycles. The Bertz CT molecular complexity index is 899. The van der Waals surface area contributed by atoms with Gasteiger partial charge in [0.2, 0.25) is 10.0 Å². The zero-order chi connectivity index (χ0) is 20.0. The van der Waals surface area contributed by atoms with E-state index in [2.05, 4.69) is 10.2 Å². The van der Waals surface area contributed by atoms with Gasteiger partial charge in [0.15, 0.2) is 16.6 Å². The molecule has 0 radical (unpaired) electrons. The third-order valence-corrected chi connectivity index (χ3v) is 8.99. The fourth-order valence-corrected chi connectivity index (χ4v) is 6.91. The lowest BCUT2D eigenvalue weighted by molar-refractivity contribution is 0.171. The normalized spacial score (nSPS) is 29.1. The lowest BCUT2D eigenvalue weighted by Gasteiger charge is -2.37. The van der Waals surface area contributed by atoms with E-state index in [1.165, 1.54) is 30.0 Å². The van der Waals surface area contributed by atoms with E-state index in [-0.39, 0.29) is 4.90 Å². The molecule has 1 aromatic rings. The molecule has 2 aliphatic heterocycles. The summed E-state index contributed by atoms with van der Waals surface area (Å²) in [6, 6.07) is 5.33.